The number of esters is 1. The van der Waals surface area contributed by atoms with Crippen LogP contribution in [0.3, 0.4) is 0 Å². The van der Waals surface area contributed by atoms with Gasteiger partial charge in [0, 0.05) is 34.5 Å². The molecule has 7 nitrogen and oxygen atoms in total. The van der Waals surface area contributed by atoms with Gasteiger partial charge in [0.15, 0.2) is 0 Å². The van der Waals surface area contributed by atoms with Gasteiger partial charge in [-0.15, -0.1) is 11.3 Å². The van der Waals surface area contributed by atoms with Crippen molar-refractivity contribution in [2.24, 2.45) is 0 Å². The first-order valence-corrected chi connectivity index (χ1v) is 17.3. The maximum Gasteiger partial charge on any atom is 0.302 e. The van der Waals surface area contributed by atoms with Crippen molar-refractivity contribution in [1.29, 1.82) is 5.26 Å². The SMILES string of the molecule is [C-]#[N+]C1=C(/C=C/c2sc(/C=C/c3ccc(N(CCC)CCOC(C)=O)cc3)c(CCCC)c2CCCC)C(C)(C)O/C1=C(\C#N)[N+]#[C-]. The maximum atomic E-state index is 11.2. The number of allylic oxidation sites excluding steroid dienone is 1. The molecular weight excluding hydrogens is 605 g/mol. The largest absolute Gasteiger partial charge is 0.505 e. The van der Waals surface area contributed by atoms with Crippen molar-refractivity contribution in [3.8, 4) is 6.07 Å². The second-order valence-electron chi connectivity index (χ2n) is 12.0. The van der Waals surface area contributed by atoms with E-state index in [1.54, 1.807) is 11.3 Å². The van der Waals surface area contributed by atoms with Crippen LogP contribution in [0.25, 0.3) is 27.9 Å². The van der Waals surface area contributed by atoms with Crippen LogP contribution in [0.15, 0.2) is 53.1 Å². The van der Waals surface area contributed by atoms with Crippen LogP contribution in [-0.4, -0.2) is 31.3 Å². The van der Waals surface area contributed by atoms with E-state index < -0.39 is 5.60 Å². The fourth-order valence-corrected chi connectivity index (χ4v) is 6.78. The molecule has 1 aliphatic rings. The number of ether oxygens (including phenoxy) is 2. The summed E-state index contributed by atoms with van der Waals surface area (Å²) >= 11 is 1.76. The van der Waals surface area contributed by atoms with Gasteiger partial charge in [-0.05, 0) is 86.9 Å². The molecule has 3 rings (SSSR count). The Morgan fingerprint density at radius 3 is 2.11 bits per heavy atom. The first-order chi connectivity index (χ1) is 22.6. The van der Waals surface area contributed by atoms with Gasteiger partial charge in [0.25, 0.3) is 5.70 Å². The highest BCUT2D eigenvalue weighted by Crippen LogP contribution is 2.42. The molecule has 0 saturated heterocycles. The van der Waals surface area contributed by atoms with Crippen LogP contribution in [0.5, 0.6) is 0 Å². The molecule has 0 radical (unpaired) electrons. The number of unbranched alkanes of at least 4 members (excludes halogenated alkanes) is 2. The third kappa shape index (κ3) is 9.71. The van der Waals surface area contributed by atoms with Crippen LogP contribution in [0, 0.1) is 24.5 Å². The molecule has 0 unspecified atom stereocenters. The molecule has 0 fully saturated rings. The standard InChI is InChI=1S/C39H46N4O3S/c1-9-12-14-31-32(15-13-10-2)36(23-21-33-37(42-8)38(34(27-40)41-7)46-39(33,5)6)47-35(31)22-18-29-16-19-30(20-17-29)43(24-11-3)25-26-45-28(4)44/h16-23H,9-15,24-26H2,1-6H3/b22-18+,23-21+,38-34+. The lowest BCUT2D eigenvalue weighted by molar-refractivity contribution is -0.140. The molecular formula is C39H46N4O3S. The topological polar surface area (TPSA) is 71.3 Å². The Bertz CT molecular complexity index is 1640. The Morgan fingerprint density at radius 1 is 0.979 bits per heavy atom. The third-order valence-electron chi connectivity index (χ3n) is 8.01. The summed E-state index contributed by atoms with van der Waals surface area (Å²) in [4.78, 5) is 22.9. The number of thiophene rings is 1. The predicted octanol–water partition coefficient (Wildman–Crippen LogP) is 10.0. The Morgan fingerprint density at radius 2 is 1.60 bits per heavy atom. The van der Waals surface area contributed by atoms with E-state index in [4.69, 9.17) is 22.6 Å². The quantitative estimate of drug-likeness (QED) is 0.103. The minimum absolute atomic E-state index is 0.0695. The summed E-state index contributed by atoms with van der Waals surface area (Å²) in [7, 11) is 0. The van der Waals surface area contributed by atoms with Crippen molar-refractivity contribution in [1.82, 2.24) is 0 Å². The van der Waals surface area contributed by atoms with E-state index in [9.17, 15) is 10.1 Å². The van der Waals surface area contributed by atoms with Crippen molar-refractivity contribution in [2.75, 3.05) is 24.6 Å². The lowest BCUT2D eigenvalue weighted by Crippen LogP contribution is -2.28. The molecule has 1 aromatic heterocycles. The molecule has 0 atom stereocenters. The van der Waals surface area contributed by atoms with Gasteiger partial charge in [0.1, 0.15) is 18.0 Å². The zero-order valence-corrected chi connectivity index (χ0v) is 29.4. The average Bonchev–Trinajstić information content (AvgIpc) is 3.52. The summed E-state index contributed by atoms with van der Waals surface area (Å²) in [6.07, 6.45) is 15.8. The van der Waals surface area contributed by atoms with E-state index in [0.29, 0.717) is 18.7 Å². The Hall–Kier alpha value is -4.58. The smallest absolute Gasteiger partial charge is 0.302 e. The van der Waals surface area contributed by atoms with Gasteiger partial charge in [-0.25, -0.2) is 15.0 Å². The normalized spacial score (nSPS) is 15.0. The Kier molecular flexibility index (Phi) is 14.1. The number of nitriles is 1. The average molecular weight is 651 g/mol. The summed E-state index contributed by atoms with van der Waals surface area (Å²) in [5.74, 6) is -0.191. The van der Waals surface area contributed by atoms with E-state index in [0.717, 1.165) is 62.7 Å². The van der Waals surface area contributed by atoms with Crippen molar-refractivity contribution in [2.45, 2.75) is 92.1 Å². The molecule has 47 heavy (non-hydrogen) atoms. The number of hydrogen-bond acceptors (Lipinski definition) is 6. The third-order valence-corrected chi connectivity index (χ3v) is 9.21. The van der Waals surface area contributed by atoms with Gasteiger partial charge < -0.3 is 14.4 Å². The van der Waals surface area contributed by atoms with E-state index in [-0.39, 0.29) is 23.1 Å². The number of carbonyl (C=O) groups excluding carboxylic acids is 1. The minimum atomic E-state index is -0.841. The monoisotopic (exact) mass is 650 g/mol. The predicted molar refractivity (Wildman–Crippen MR) is 193 cm³/mol. The lowest BCUT2D eigenvalue weighted by Gasteiger charge is -2.24. The maximum absolute atomic E-state index is 11.2. The first kappa shape index (κ1) is 36.9. The highest BCUT2D eigenvalue weighted by molar-refractivity contribution is 7.14. The molecule has 8 heteroatoms. The molecule has 0 spiro atoms. The number of anilines is 1. The van der Waals surface area contributed by atoms with E-state index in [2.05, 4.69) is 77.9 Å². The van der Waals surface area contributed by atoms with Crippen LogP contribution >= 0.6 is 11.3 Å². The molecule has 0 amide bonds. The van der Waals surface area contributed by atoms with E-state index in [1.165, 1.54) is 27.8 Å². The van der Waals surface area contributed by atoms with Crippen LogP contribution in [0.2, 0.25) is 0 Å². The highest BCUT2D eigenvalue weighted by Gasteiger charge is 2.38. The number of benzene rings is 1. The van der Waals surface area contributed by atoms with Crippen LogP contribution in [0.4, 0.5) is 5.69 Å². The van der Waals surface area contributed by atoms with Crippen molar-refractivity contribution in [3.05, 3.63) is 102 Å². The van der Waals surface area contributed by atoms with Gasteiger partial charge >= 0.3 is 5.97 Å². The summed E-state index contributed by atoms with van der Waals surface area (Å²) in [5.41, 5.74) is 4.82. The molecule has 1 aliphatic heterocycles. The van der Waals surface area contributed by atoms with E-state index in [1.807, 2.05) is 26.0 Å². The molecule has 0 saturated carbocycles. The summed E-state index contributed by atoms with van der Waals surface area (Å²) in [5, 5.41) is 9.46. The van der Waals surface area contributed by atoms with Gasteiger partial charge in [0.05, 0.1) is 25.8 Å². The zero-order chi connectivity index (χ0) is 34.4. The molecule has 2 aromatic rings. The number of carbonyl (C=O) groups is 1. The molecule has 0 N–H and O–H groups in total. The fourth-order valence-electron chi connectivity index (χ4n) is 5.57. The first-order valence-electron chi connectivity index (χ1n) is 16.5. The molecule has 246 valence electrons. The summed E-state index contributed by atoms with van der Waals surface area (Å²) in [6.45, 7) is 28.9. The van der Waals surface area contributed by atoms with Gasteiger partial charge in [0.2, 0.25) is 5.70 Å². The second-order valence-corrected chi connectivity index (χ2v) is 13.1. The Balaban J connectivity index is 2.01. The second kappa shape index (κ2) is 17.9. The van der Waals surface area contributed by atoms with Crippen LogP contribution in [0.1, 0.15) is 100 Å². The molecule has 1 aromatic carbocycles. The molecule has 0 bridgehead atoms. The number of rotatable bonds is 16. The highest BCUT2D eigenvalue weighted by atomic mass is 32.1. The summed E-state index contributed by atoms with van der Waals surface area (Å²) < 4.78 is 11.2. The van der Waals surface area contributed by atoms with Gasteiger partial charge in [-0.1, -0.05) is 57.9 Å². The van der Waals surface area contributed by atoms with Crippen molar-refractivity contribution < 1.29 is 14.3 Å². The Labute approximate surface area is 285 Å². The van der Waals surface area contributed by atoms with Gasteiger partial charge in [-0.2, -0.15) is 0 Å². The fraction of sp³-hybridized carbons (Fsp3) is 0.436. The molecule has 2 heterocycles. The number of hydrogen-bond donors (Lipinski definition) is 0. The van der Waals surface area contributed by atoms with E-state index >= 15 is 0 Å². The van der Waals surface area contributed by atoms with Gasteiger partial charge in [-0.3, -0.25) is 4.79 Å². The van der Waals surface area contributed by atoms with Crippen molar-refractivity contribution in [3.63, 3.8) is 0 Å². The minimum Gasteiger partial charge on any atom is -0.505 e. The number of nitrogens with zero attached hydrogens (tertiary/aromatic N) is 4. The lowest BCUT2D eigenvalue weighted by atomic mass is 9.95. The summed E-state index contributed by atoms with van der Waals surface area (Å²) in [6, 6.07) is 10.4. The van der Waals surface area contributed by atoms with Crippen LogP contribution in [-0.2, 0) is 27.1 Å². The van der Waals surface area contributed by atoms with Crippen LogP contribution < -0.4 is 4.90 Å². The van der Waals surface area contributed by atoms with Crippen molar-refractivity contribution >= 4 is 41.2 Å². The molecule has 0 aliphatic carbocycles. The zero-order valence-electron chi connectivity index (χ0n) is 28.6.